The Kier molecular flexibility index (Phi) is 8.29. The maximum absolute atomic E-state index is 12.9. The molecule has 1 N–H and O–H groups in total. The molecule has 0 atom stereocenters. The van der Waals surface area contributed by atoms with Gasteiger partial charge in [0.15, 0.2) is 12.4 Å². The lowest BCUT2D eigenvalue weighted by molar-refractivity contribution is 0.0379. The summed E-state index contributed by atoms with van der Waals surface area (Å²) in [6, 6.07) is 7.41. The monoisotopic (exact) mass is 499 g/mol. The average molecular weight is 500 g/mol. The molecule has 1 aromatic carbocycles. The van der Waals surface area contributed by atoms with Crippen LogP contribution < -0.4 is 10.1 Å². The Balaban J connectivity index is 1.78. The van der Waals surface area contributed by atoms with Gasteiger partial charge in [0.25, 0.3) is 5.91 Å². The van der Waals surface area contributed by atoms with Crippen molar-refractivity contribution in [3.05, 3.63) is 63.3 Å². The highest BCUT2D eigenvalue weighted by Crippen LogP contribution is 2.35. The molecule has 3 rings (SSSR count). The average Bonchev–Trinajstić information content (AvgIpc) is 3.37. The van der Waals surface area contributed by atoms with Gasteiger partial charge in [-0.25, -0.2) is 14.3 Å². The number of aromatic nitrogens is 2. The summed E-state index contributed by atoms with van der Waals surface area (Å²) < 4.78 is 17.7. The zero-order valence-electron chi connectivity index (χ0n) is 20.6. The van der Waals surface area contributed by atoms with Gasteiger partial charge in [-0.1, -0.05) is 17.7 Å². The number of hydrogen-bond acceptors (Lipinski definition) is 8. The summed E-state index contributed by atoms with van der Waals surface area (Å²) in [4.78, 5) is 38.2. The predicted octanol–water partition coefficient (Wildman–Crippen LogP) is 4.90. The molecule has 2 aromatic heterocycles. The molecule has 0 spiro atoms. The van der Waals surface area contributed by atoms with Gasteiger partial charge in [-0.05, 0) is 64.8 Å². The maximum atomic E-state index is 12.9. The number of nitrogens with one attached hydrogen (secondary N) is 1. The lowest BCUT2D eigenvalue weighted by Crippen LogP contribution is -2.18. The molecule has 9 nitrogen and oxygen atoms in total. The third-order valence-corrected chi connectivity index (χ3v) is 6.12. The van der Waals surface area contributed by atoms with Gasteiger partial charge < -0.3 is 19.5 Å². The lowest BCUT2D eigenvalue weighted by Gasteiger charge is -2.10. The molecule has 3 aromatic rings. The number of anilines is 1. The van der Waals surface area contributed by atoms with E-state index in [1.807, 2.05) is 32.0 Å². The highest BCUT2D eigenvalue weighted by atomic mass is 32.1. The molecule has 0 aliphatic heterocycles. The first-order chi connectivity index (χ1) is 16.6. The summed E-state index contributed by atoms with van der Waals surface area (Å²) in [6.07, 6.45) is 1.25. The maximum Gasteiger partial charge on any atom is 0.348 e. The number of esters is 2. The number of benzene rings is 1. The van der Waals surface area contributed by atoms with Crippen molar-refractivity contribution in [2.75, 3.05) is 11.9 Å². The van der Waals surface area contributed by atoms with E-state index in [0.29, 0.717) is 5.56 Å². The van der Waals surface area contributed by atoms with Crippen molar-refractivity contribution in [2.24, 2.45) is 0 Å². The molecule has 0 radical (unpaired) electrons. The topological polar surface area (TPSA) is 109 Å². The van der Waals surface area contributed by atoms with Crippen molar-refractivity contribution in [1.82, 2.24) is 9.78 Å². The van der Waals surface area contributed by atoms with Crippen molar-refractivity contribution >= 4 is 34.2 Å². The Labute approximate surface area is 208 Å². The second kappa shape index (κ2) is 11.2. The number of aryl methyl sites for hydroxylation is 2. The van der Waals surface area contributed by atoms with Crippen LogP contribution in [0.15, 0.2) is 30.5 Å². The number of nitrogens with zero attached hydrogens (tertiary/aromatic N) is 2. The van der Waals surface area contributed by atoms with Gasteiger partial charge in [0.2, 0.25) is 0 Å². The molecule has 0 saturated carbocycles. The number of amides is 1. The Morgan fingerprint density at radius 1 is 1.11 bits per heavy atom. The largest absolute Gasteiger partial charge is 0.471 e. The molecule has 35 heavy (non-hydrogen) atoms. The first kappa shape index (κ1) is 26.0. The third-order valence-electron chi connectivity index (χ3n) is 4.94. The number of rotatable bonds is 9. The quantitative estimate of drug-likeness (QED) is 0.417. The van der Waals surface area contributed by atoms with E-state index in [-0.39, 0.29) is 40.6 Å². The van der Waals surface area contributed by atoms with Crippen LogP contribution in [0, 0.1) is 20.8 Å². The number of carbonyl (C=O) groups is 3. The lowest BCUT2D eigenvalue weighted by atomic mass is 10.1. The van der Waals surface area contributed by atoms with Crippen molar-refractivity contribution in [2.45, 2.75) is 54.4 Å². The van der Waals surface area contributed by atoms with Gasteiger partial charge in [0.05, 0.1) is 18.3 Å². The summed E-state index contributed by atoms with van der Waals surface area (Å²) in [5.74, 6) is -1.01. The molecule has 0 unspecified atom stereocenters. The molecule has 10 heteroatoms. The van der Waals surface area contributed by atoms with E-state index in [4.69, 9.17) is 14.2 Å². The van der Waals surface area contributed by atoms with E-state index >= 15 is 0 Å². The van der Waals surface area contributed by atoms with E-state index in [9.17, 15) is 14.4 Å². The van der Waals surface area contributed by atoms with Crippen LogP contribution in [-0.4, -0.2) is 40.3 Å². The van der Waals surface area contributed by atoms with Crippen LogP contribution in [0.3, 0.4) is 0 Å². The molecular weight excluding hydrogens is 470 g/mol. The Hall–Kier alpha value is -3.66. The zero-order valence-corrected chi connectivity index (χ0v) is 21.4. The van der Waals surface area contributed by atoms with Crippen molar-refractivity contribution in [3.8, 4) is 5.75 Å². The highest BCUT2D eigenvalue weighted by Gasteiger charge is 2.28. The molecular formula is C25H29N3O6S. The van der Waals surface area contributed by atoms with E-state index < -0.39 is 17.8 Å². The van der Waals surface area contributed by atoms with Crippen LogP contribution in [0.2, 0.25) is 0 Å². The molecule has 186 valence electrons. The SMILES string of the molecule is CCOC(=O)c1sc(NC(=O)c2ccn(COc3ccc(C)cc3C)n2)c(C(=O)OC(C)C)c1C. The number of hydrogen-bond donors (Lipinski definition) is 1. The van der Waals surface area contributed by atoms with Gasteiger partial charge >= 0.3 is 11.9 Å². The number of thiophene rings is 1. The minimum absolute atomic E-state index is 0.119. The second-order valence-electron chi connectivity index (χ2n) is 8.17. The van der Waals surface area contributed by atoms with E-state index in [1.165, 1.54) is 4.68 Å². The van der Waals surface area contributed by atoms with Gasteiger partial charge in [-0.3, -0.25) is 4.79 Å². The summed E-state index contributed by atoms with van der Waals surface area (Å²) in [5.41, 5.74) is 2.78. The van der Waals surface area contributed by atoms with Gasteiger partial charge in [-0.2, -0.15) is 5.10 Å². The Bertz CT molecular complexity index is 1240. The fraction of sp³-hybridized carbons (Fsp3) is 0.360. The fourth-order valence-electron chi connectivity index (χ4n) is 3.33. The van der Waals surface area contributed by atoms with Crippen LogP contribution in [0.1, 0.15) is 68.0 Å². The summed E-state index contributed by atoms with van der Waals surface area (Å²) >= 11 is 0.963. The van der Waals surface area contributed by atoms with Crippen LogP contribution in [0.5, 0.6) is 5.75 Å². The minimum Gasteiger partial charge on any atom is -0.471 e. The van der Waals surface area contributed by atoms with Crippen LogP contribution >= 0.6 is 11.3 Å². The summed E-state index contributed by atoms with van der Waals surface area (Å²) in [6.45, 7) is 11.0. The molecule has 2 heterocycles. The fourth-order valence-corrected chi connectivity index (χ4v) is 4.41. The van der Waals surface area contributed by atoms with Crippen LogP contribution in [0.4, 0.5) is 5.00 Å². The first-order valence-corrected chi connectivity index (χ1v) is 12.0. The standard InChI is InChI=1S/C25H29N3O6S/c1-7-32-25(31)21-17(6)20(24(30)34-14(2)3)23(35-21)26-22(29)18-10-11-28(27-18)13-33-19-9-8-15(4)12-16(19)5/h8-12,14H,7,13H2,1-6H3,(H,26,29). The molecule has 0 fully saturated rings. The normalized spacial score (nSPS) is 10.8. The summed E-state index contributed by atoms with van der Waals surface area (Å²) in [7, 11) is 0. The highest BCUT2D eigenvalue weighted by molar-refractivity contribution is 7.18. The van der Waals surface area contributed by atoms with Gasteiger partial charge in [0, 0.05) is 6.20 Å². The molecule has 0 aliphatic rings. The minimum atomic E-state index is -0.632. The molecule has 1 amide bonds. The van der Waals surface area contributed by atoms with Crippen LogP contribution in [-0.2, 0) is 16.2 Å². The smallest absolute Gasteiger partial charge is 0.348 e. The predicted molar refractivity (Wildman–Crippen MR) is 132 cm³/mol. The Morgan fingerprint density at radius 3 is 2.51 bits per heavy atom. The zero-order chi connectivity index (χ0) is 25.7. The second-order valence-corrected chi connectivity index (χ2v) is 9.19. The summed E-state index contributed by atoms with van der Waals surface area (Å²) in [5, 5.41) is 7.15. The van der Waals surface area contributed by atoms with E-state index in [1.54, 1.807) is 40.0 Å². The van der Waals surface area contributed by atoms with Crippen LogP contribution in [0.25, 0.3) is 0 Å². The molecule has 0 aliphatic carbocycles. The van der Waals surface area contributed by atoms with Crippen molar-refractivity contribution < 1.29 is 28.6 Å². The first-order valence-electron chi connectivity index (χ1n) is 11.2. The van der Waals surface area contributed by atoms with Crippen molar-refractivity contribution in [3.63, 3.8) is 0 Å². The van der Waals surface area contributed by atoms with E-state index in [2.05, 4.69) is 10.4 Å². The number of ether oxygens (including phenoxy) is 3. The van der Waals surface area contributed by atoms with Crippen molar-refractivity contribution in [1.29, 1.82) is 0 Å². The molecule has 0 saturated heterocycles. The van der Waals surface area contributed by atoms with E-state index in [0.717, 1.165) is 28.2 Å². The third kappa shape index (κ3) is 6.27. The molecule has 0 bridgehead atoms. The number of carbonyl (C=O) groups excluding carboxylic acids is 3. The van der Waals surface area contributed by atoms with Gasteiger partial charge in [0.1, 0.15) is 15.6 Å². The Morgan fingerprint density at radius 2 is 1.86 bits per heavy atom. The van der Waals surface area contributed by atoms with Gasteiger partial charge in [-0.15, -0.1) is 11.3 Å².